The Morgan fingerprint density at radius 1 is 1.04 bits per heavy atom. The van der Waals surface area contributed by atoms with Crippen LogP contribution in [-0.2, 0) is 33.6 Å². The van der Waals surface area contributed by atoms with E-state index in [-0.39, 0.29) is 11.2 Å². The molecule has 0 aliphatic carbocycles. The van der Waals surface area contributed by atoms with Gasteiger partial charge in [-0.1, -0.05) is 24.3 Å². The molecule has 0 spiro atoms. The van der Waals surface area contributed by atoms with Gasteiger partial charge >= 0.3 is 5.69 Å². The van der Waals surface area contributed by atoms with Crippen molar-refractivity contribution in [1.29, 1.82) is 0 Å². The Morgan fingerprint density at radius 2 is 1.81 bits per heavy atom. The second-order valence-electron chi connectivity index (χ2n) is 6.96. The first kappa shape index (κ1) is 16.8. The van der Waals surface area contributed by atoms with Gasteiger partial charge in [0.2, 0.25) is 0 Å². The van der Waals surface area contributed by atoms with Crippen LogP contribution in [0.15, 0.2) is 40.2 Å². The highest BCUT2D eigenvalue weighted by Gasteiger charge is 2.16. The highest BCUT2D eigenvalue weighted by atomic mass is 16.2. The number of hydrogen-bond acceptors (Lipinski definition) is 4. The molecule has 3 aromatic rings. The number of aryl methyl sites for hydroxylation is 2. The first-order valence-electron chi connectivity index (χ1n) is 8.96. The first-order valence-corrected chi connectivity index (χ1v) is 8.96. The summed E-state index contributed by atoms with van der Waals surface area (Å²) in [5.41, 5.74) is 3.18. The lowest BCUT2D eigenvalue weighted by Crippen LogP contribution is -2.37. The minimum atomic E-state index is -0.347. The molecule has 0 atom stereocenters. The number of hydrogen-bond donors (Lipinski definition) is 0. The summed E-state index contributed by atoms with van der Waals surface area (Å²) >= 11 is 0. The highest BCUT2D eigenvalue weighted by molar-refractivity contribution is 5.69. The number of benzene rings is 1. The van der Waals surface area contributed by atoms with Crippen LogP contribution in [0.4, 0.5) is 0 Å². The van der Waals surface area contributed by atoms with Crippen molar-refractivity contribution in [3.8, 4) is 0 Å². The summed E-state index contributed by atoms with van der Waals surface area (Å²) < 4.78 is 4.44. The average molecular weight is 353 g/mol. The quantitative estimate of drug-likeness (QED) is 0.699. The van der Waals surface area contributed by atoms with Gasteiger partial charge in [-0.3, -0.25) is 18.8 Å². The standard InChI is InChI=1S/C19H23N5O2/c1-21-17-16(18(25)22(2)19(21)26)24(13-20-17)10-5-9-23-11-8-14-6-3-4-7-15(14)12-23/h3-4,6-7,13H,5,8-12H2,1-2H3. The molecule has 0 N–H and O–H groups in total. The van der Waals surface area contributed by atoms with Crippen LogP contribution in [0.2, 0.25) is 0 Å². The van der Waals surface area contributed by atoms with Crippen molar-refractivity contribution in [2.75, 3.05) is 13.1 Å². The van der Waals surface area contributed by atoms with Gasteiger partial charge in [0.15, 0.2) is 11.2 Å². The summed E-state index contributed by atoms with van der Waals surface area (Å²) in [6.45, 7) is 3.73. The minimum Gasteiger partial charge on any atom is -0.325 e. The largest absolute Gasteiger partial charge is 0.332 e. The zero-order valence-corrected chi connectivity index (χ0v) is 15.2. The molecule has 26 heavy (non-hydrogen) atoms. The predicted octanol–water partition coefficient (Wildman–Crippen LogP) is 0.882. The summed E-state index contributed by atoms with van der Waals surface area (Å²) in [6, 6.07) is 8.62. The maximum Gasteiger partial charge on any atom is 0.332 e. The van der Waals surface area contributed by atoms with E-state index in [2.05, 4.69) is 34.1 Å². The van der Waals surface area contributed by atoms with E-state index in [1.807, 2.05) is 4.57 Å². The molecule has 7 nitrogen and oxygen atoms in total. The van der Waals surface area contributed by atoms with Crippen LogP contribution in [0.1, 0.15) is 17.5 Å². The van der Waals surface area contributed by atoms with Gasteiger partial charge in [-0.05, 0) is 24.0 Å². The van der Waals surface area contributed by atoms with Gasteiger partial charge in [0.05, 0.1) is 6.33 Å². The minimum absolute atomic E-state index is 0.285. The van der Waals surface area contributed by atoms with Crippen molar-refractivity contribution < 1.29 is 0 Å². The third-order valence-electron chi connectivity index (χ3n) is 5.30. The summed E-state index contributed by atoms with van der Waals surface area (Å²) in [7, 11) is 3.15. The van der Waals surface area contributed by atoms with Crippen LogP contribution in [0.25, 0.3) is 11.2 Å². The SMILES string of the molecule is Cn1c(=O)c2c(ncn2CCCN2CCc3ccccc3C2)n(C)c1=O. The molecule has 136 valence electrons. The molecular weight excluding hydrogens is 330 g/mol. The molecular formula is C19H23N5O2. The molecule has 7 heteroatoms. The normalized spacial score (nSPS) is 14.7. The first-order chi connectivity index (χ1) is 12.6. The molecule has 0 amide bonds. The lowest BCUT2D eigenvalue weighted by Gasteiger charge is -2.28. The number of nitrogens with zero attached hydrogens (tertiary/aromatic N) is 5. The van der Waals surface area contributed by atoms with Gasteiger partial charge in [0.1, 0.15) is 0 Å². The van der Waals surface area contributed by atoms with Crippen molar-refractivity contribution in [3.63, 3.8) is 0 Å². The van der Waals surface area contributed by atoms with Gasteiger partial charge in [0, 0.05) is 40.3 Å². The van der Waals surface area contributed by atoms with Gasteiger partial charge in [0.25, 0.3) is 5.56 Å². The van der Waals surface area contributed by atoms with Crippen LogP contribution < -0.4 is 11.2 Å². The predicted molar refractivity (Wildman–Crippen MR) is 100 cm³/mol. The summed E-state index contributed by atoms with van der Waals surface area (Å²) in [6.07, 6.45) is 3.68. The van der Waals surface area contributed by atoms with E-state index in [4.69, 9.17) is 0 Å². The van der Waals surface area contributed by atoms with E-state index in [0.717, 1.165) is 37.0 Å². The molecule has 0 radical (unpaired) electrons. The molecule has 3 heterocycles. The molecule has 0 fully saturated rings. The van der Waals surface area contributed by atoms with Crippen molar-refractivity contribution in [3.05, 3.63) is 62.6 Å². The van der Waals surface area contributed by atoms with Crippen LogP contribution in [0.3, 0.4) is 0 Å². The lowest BCUT2D eigenvalue weighted by molar-refractivity contribution is 0.247. The smallest absolute Gasteiger partial charge is 0.325 e. The summed E-state index contributed by atoms with van der Waals surface area (Å²) in [4.78, 5) is 31.2. The third-order valence-corrected chi connectivity index (χ3v) is 5.30. The van der Waals surface area contributed by atoms with Crippen LogP contribution in [0.5, 0.6) is 0 Å². The second-order valence-corrected chi connectivity index (χ2v) is 6.96. The Bertz CT molecular complexity index is 1080. The maximum atomic E-state index is 12.5. The van der Waals surface area contributed by atoms with E-state index in [0.29, 0.717) is 17.7 Å². The Balaban J connectivity index is 1.48. The Kier molecular flexibility index (Phi) is 4.24. The Hall–Kier alpha value is -2.67. The molecule has 1 aliphatic rings. The van der Waals surface area contributed by atoms with Crippen molar-refractivity contribution >= 4 is 11.2 Å². The highest BCUT2D eigenvalue weighted by Crippen LogP contribution is 2.18. The van der Waals surface area contributed by atoms with Gasteiger partial charge < -0.3 is 4.57 Å². The fourth-order valence-electron chi connectivity index (χ4n) is 3.78. The summed E-state index contributed by atoms with van der Waals surface area (Å²) in [5, 5.41) is 0. The average Bonchev–Trinajstić information content (AvgIpc) is 3.08. The lowest BCUT2D eigenvalue weighted by atomic mass is 10.00. The number of aromatic nitrogens is 4. The van der Waals surface area contributed by atoms with Crippen LogP contribution in [-0.4, -0.2) is 36.7 Å². The van der Waals surface area contributed by atoms with E-state index < -0.39 is 0 Å². The van der Waals surface area contributed by atoms with Gasteiger partial charge in [-0.2, -0.15) is 0 Å². The topological polar surface area (TPSA) is 65.1 Å². The number of fused-ring (bicyclic) bond motifs is 2. The monoisotopic (exact) mass is 353 g/mol. The number of imidazole rings is 1. The van der Waals surface area contributed by atoms with E-state index in [1.165, 1.54) is 22.7 Å². The van der Waals surface area contributed by atoms with Crippen molar-refractivity contribution in [1.82, 2.24) is 23.6 Å². The molecule has 0 bridgehead atoms. The fourth-order valence-corrected chi connectivity index (χ4v) is 3.78. The Morgan fingerprint density at radius 3 is 2.62 bits per heavy atom. The zero-order chi connectivity index (χ0) is 18.3. The third kappa shape index (κ3) is 2.78. The maximum absolute atomic E-state index is 12.5. The van der Waals surface area contributed by atoms with Crippen LogP contribution in [0, 0.1) is 0 Å². The molecule has 0 saturated carbocycles. The van der Waals surface area contributed by atoms with E-state index in [9.17, 15) is 9.59 Å². The Labute approximate surface area is 151 Å². The second kappa shape index (κ2) is 6.57. The molecule has 0 unspecified atom stereocenters. The van der Waals surface area contributed by atoms with E-state index in [1.54, 1.807) is 13.4 Å². The molecule has 1 aliphatic heterocycles. The number of rotatable bonds is 4. The molecule has 4 rings (SSSR count). The fraction of sp³-hybridized carbons (Fsp3) is 0.421. The van der Waals surface area contributed by atoms with E-state index >= 15 is 0 Å². The van der Waals surface area contributed by atoms with Crippen molar-refractivity contribution in [2.45, 2.75) is 25.9 Å². The van der Waals surface area contributed by atoms with Crippen molar-refractivity contribution in [2.24, 2.45) is 14.1 Å². The molecule has 2 aromatic heterocycles. The van der Waals surface area contributed by atoms with Gasteiger partial charge in [-0.25, -0.2) is 9.78 Å². The van der Waals surface area contributed by atoms with Crippen LogP contribution >= 0.6 is 0 Å². The zero-order valence-electron chi connectivity index (χ0n) is 15.2. The molecule has 0 saturated heterocycles. The van der Waals surface area contributed by atoms with Gasteiger partial charge in [-0.15, -0.1) is 0 Å². The molecule has 1 aromatic carbocycles. The summed E-state index contributed by atoms with van der Waals surface area (Å²) in [5.74, 6) is 0.